The minimum atomic E-state index is -1.71. The van der Waals surface area contributed by atoms with E-state index in [9.17, 15) is 0 Å². The highest BCUT2D eigenvalue weighted by atomic mass is 79.9. The van der Waals surface area contributed by atoms with Crippen LogP contribution in [0.3, 0.4) is 0 Å². The van der Waals surface area contributed by atoms with E-state index < -0.39 is 8.32 Å². The van der Waals surface area contributed by atoms with Crippen LogP contribution in [0.5, 0.6) is 0 Å². The third kappa shape index (κ3) is 4.19. The van der Waals surface area contributed by atoms with Gasteiger partial charge in [-0.3, -0.25) is 4.68 Å². The molecule has 1 unspecified atom stereocenters. The van der Waals surface area contributed by atoms with Gasteiger partial charge in [-0.25, -0.2) is 4.98 Å². The molecule has 1 rings (SSSR count). The molecule has 0 radical (unpaired) electrons. The van der Waals surface area contributed by atoms with Gasteiger partial charge in [-0.15, -0.1) is 0 Å². The fourth-order valence-electron chi connectivity index (χ4n) is 1.25. The predicted octanol–water partition coefficient (Wildman–Crippen LogP) is 3.06. The Labute approximate surface area is 113 Å². The second-order valence-electron chi connectivity index (χ2n) is 5.77. The first-order valence-electron chi connectivity index (χ1n) is 5.82. The van der Waals surface area contributed by atoms with Crippen LogP contribution in [-0.4, -0.2) is 34.5 Å². The van der Waals surface area contributed by atoms with E-state index in [0.29, 0.717) is 0 Å². The Bertz CT molecular complexity index is 335. The Balaban J connectivity index is 2.64. The standard InChI is InChI=1S/C11H22BrN3OSi/c1-11(2,3)17(4,5)16-10(6-12)7-15-9-13-8-14-15/h8-10H,6-7H2,1-5H3. The zero-order valence-corrected chi connectivity index (χ0v) is 13.9. The first-order chi connectivity index (χ1) is 7.76. The summed E-state index contributed by atoms with van der Waals surface area (Å²) in [7, 11) is -1.71. The average molecular weight is 320 g/mol. The molecular formula is C11H22BrN3OSi. The van der Waals surface area contributed by atoms with Crippen LogP contribution in [0.25, 0.3) is 0 Å². The van der Waals surface area contributed by atoms with Crippen LogP contribution in [0.15, 0.2) is 12.7 Å². The topological polar surface area (TPSA) is 39.9 Å². The van der Waals surface area contributed by atoms with Crippen molar-refractivity contribution in [3.05, 3.63) is 12.7 Å². The van der Waals surface area contributed by atoms with Gasteiger partial charge in [0.1, 0.15) is 12.7 Å². The number of alkyl halides is 1. The molecule has 1 aromatic heterocycles. The molecule has 17 heavy (non-hydrogen) atoms. The number of hydrogen-bond acceptors (Lipinski definition) is 3. The lowest BCUT2D eigenvalue weighted by atomic mass is 10.2. The Hall–Kier alpha value is -0.203. The fraction of sp³-hybridized carbons (Fsp3) is 0.818. The van der Waals surface area contributed by atoms with Gasteiger partial charge < -0.3 is 4.43 Å². The van der Waals surface area contributed by atoms with Gasteiger partial charge in [-0.1, -0.05) is 36.7 Å². The van der Waals surface area contributed by atoms with Gasteiger partial charge in [0.05, 0.1) is 12.6 Å². The maximum atomic E-state index is 6.33. The summed E-state index contributed by atoms with van der Waals surface area (Å²) in [5.74, 6) is 0. The summed E-state index contributed by atoms with van der Waals surface area (Å²) in [6.07, 6.45) is 3.43. The van der Waals surface area contributed by atoms with Crippen molar-refractivity contribution in [2.24, 2.45) is 0 Å². The quantitative estimate of drug-likeness (QED) is 0.618. The Morgan fingerprint density at radius 2 is 2.06 bits per heavy atom. The van der Waals surface area contributed by atoms with Crippen molar-refractivity contribution in [3.63, 3.8) is 0 Å². The molecule has 0 aliphatic carbocycles. The van der Waals surface area contributed by atoms with E-state index >= 15 is 0 Å². The van der Waals surface area contributed by atoms with Crippen LogP contribution >= 0.6 is 15.9 Å². The Morgan fingerprint density at radius 1 is 1.41 bits per heavy atom. The van der Waals surface area contributed by atoms with E-state index in [1.54, 1.807) is 12.7 Å². The second kappa shape index (κ2) is 5.62. The summed E-state index contributed by atoms with van der Waals surface area (Å²) in [4.78, 5) is 3.95. The van der Waals surface area contributed by atoms with Crippen molar-refractivity contribution >= 4 is 24.2 Å². The van der Waals surface area contributed by atoms with Crippen molar-refractivity contribution in [2.45, 2.75) is 51.6 Å². The van der Waals surface area contributed by atoms with Crippen molar-refractivity contribution in [2.75, 3.05) is 5.33 Å². The number of nitrogens with zero attached hydrogens (tertiary/aromatic N) is 3. The third-order valence-corrected chi connectivity index (χ3v) is 8.55. The SMILES string of the molecule is CC(C)(C)[Si](C)(C)OC(CBr)Cn1cncn1. The first kappa shape index (κ1) is 14.9. The minimum Gasteiger partial charge on any atom is -0.411 e. The van der Waals surface area contributed by atoms with Crippen LogP contribution in [0.1, 0.15) is 20.8 Å². The first-order valence-corrected chi connectivity index (χ1v) is 9.85. The van der Waals surface area contributed by atoms with Crippen LogP contribution in [0, 0.1) is 0 Å². The summed E-state index contributed by atoms with van der Waals surface area (Å²) in [5.41, 5.74) is 0. The van der Waals surface area contributed by atoms with Gasteiger partial charge in [0.15, 0.2) is 8.32 Å². The number of hydrogen-bond donors (Lipinski definition) is 0. The average Bonchev–Trinajstić information content (AvgIpc) is 2.67. The minimum absolute atomic E-state index is 0.151. The summed E-state index contributed by atoms with van der Waals surface area (Å²) in [5, 5.41) is 5.17. The maximum Gasteiger partial charge on any atom is 0.192 e. The van der Waals surface area contributed by atoms with Gasteiger partial charge in [0.2, 0.25) is 0 Å². The van der Waals surface area contributed by atoms with E-state index in [1.165, 1.54) is 0 Å². The monoisotopic (exact) mass is 319 g/mol. The maximum absolute atomic E-state index is 6.33. The molecule has 4 nitrogen and oxygen atoms in total. The van der Waals surface area contributed by atoms with E-state index in [4.69, 9.17) is 4.43 Å². The van der Waals surface area contributed by atoms with E-state index in [-0.39, 0.29) is 11.1 Å². The lowest BCUT2D eigenvalue weighted by Gasteiger charge is -2.38. The Morgan fingerprint density at radius 3 is 2.47 bits per heavy atom. The highest BCUT2D eigenvalue weighted by Gasteiger charge is 2.39. The predicted molar refractivity (Wildman–Crippen MR) is 75.9 cm³/mol. The molecule has 0 spiro atoms. The van der Waals surface area contributed by atoms with Gasteiger partial charge in [-0.2, -0.15) is 5.10 Å². The summed E-state index contributed by atoms with van der Waals surface area (Å²) in [6, 6.07) is 0. The zero-order valence-electron chi connectivity index (χ0n) is 11.3. The van der Waals surface area contributed by atoms with Gasteiger partial charge >= 0.3 is 0 Å². The van der Waals surface area contributed by atoms with Gasteiger partial charge in [-0.05, 0) is 18.1 Å². The van der Waals surface area contributed by atoms with Gasteiger partial charge in [0, 0.05) is 5.33 Å². The molecular weight excluding hydrogens is 298 g/mol. The molecule has 0 bridgehead atoms. The van der Waals surface area contributed by atoms with Crippen molar-refractivity contribution in [1.82, 2.24) is 14.8 Å². The van der Waals surface area contributed by atoms with Crippen molar-refractivity contribution in [3.8, 4) is 0 Å². The molecule has 1 atom stereocenters. The molecule has 0 fully saturated rings. The molecule has 0 amide bonds. The molecule has 0 aliphatic rings. The Kier molecular flexibility index (Phi) is 4.92. The van der Waals surface area contributed by atoms with E-state index in [1.807, 2.05) is 4.68 Å². The number of aromatic nitrogens is 3. The second-order valence-corrected chi connectivity index (χ2v) is 11.2. The molecule has 6 heteroatoms. The highest BCUT2D eigenvalue weighted by Crippen LogP contribution is 2.37. The van der Waals surface area contributed by atoms with Crippen molar-refractivity contribution in [1.29, 1.82) is 0 Å². The highest BCUT2D eigenvalue weighted by molar-refractivity contribution is 9.09. The molecule has 0 aromatic carbocycles. The van der Waals surface area contributed by atoms with E-state index in [0.717, 1.165) is 11.9 Å². The lowest BCUT2D eigenvalue weighted by Crippen LogP contribution is -2.45. The third-order valence-electron chi connectivity index (χ3n) is 3.30. The lowest BCUT2D eigenvalue weighted by molar-refractivity contribution is 0.179. The van der Waals surface area contributed by atoms with Crippen LogP contribution in [0.2, 0.25) is 18.1 Å². The summed E-state index contributed by atoms with van der Waals surface area (Å²) in [6.45, 7) is 12.0. The van der Waals surface area contributed by atoms with Crippen LogP contribution in [0.4, 0.5) is 0 Å². The zero-order chi connectivity index (χ0) is 13.1. The number of halogens is 1. The van der Waals surface area contributed by atoms with Crippen molar-refractivity contribution < 1.29 is 4.43 Å². The summed E-state index contributed by atoms with van der Waals surface area (Å²) < 4.78 is 8.15. The molecule has 1 heterocycles. The van der Waals surface area contributed by atoms with E-state index in [2.05, 4.69) is 59.9 Å². The molecule has 0 N–H and O–H groups in total. The molecule has 0 saturated carbocycles. The van der Waals surface area contributed by atoms with Crippen LogP contribution in [-0.2, 0) is 11.0 Å². The number of rotatable bonds is 5. The molecule has 98 valence electrons. The van der Waals surface area contributed by atoms with Crippen LogP contribution < -0.4 is 0 Å². The fourth-order valence-corrected chi connectivity index (χ4v) is 3.17. The smallest absolute Gasteiger partial charge is 0.192 e. The summed E-state index contributed by atoms with van der Waals surface area (Å²) >= 11 is 3.52. The molecule has 0 aliphatic heterocycles. The normalized spacial score (nSPS) is 14.9. The molecule has 1 aromatic rings. The van der Waals surface area contributed by atoms with Gasteiger partial charge in [0.25, 0.3) is 0 Å². The largest absolute Gasteiger partial charge is 0.411 e. The molecule has 0 saturated heterocycles.